The fourth-order valence-electron chi connectivity index (χ4n) is 4.25. The molecule has 0 aromatic heterocycles. The molecule has 3 unspecified atom stereocenters. The van der Waals surface area contributed by atoms with Gasteiger partial charge in [0.2, 0.25) is 0 Å². The molecule has 0 amide bonds. The molecule has 0 fully saturated rings. The Kier molecular flexibility index (Phi) is 19.7. The number of carbonyl (C=O) groups excluding carboxylic acids is 2. The molecule has 226 valence electrons. The van der Waals surface area contributed by atoms with E-state index in [9.17, 15) is 14.0 Å². The number of aryl methyl sites for hydroxylation is 1. The van der Waals surface area contributed by atoms with Crippen molar-refractivity contribution in [2.45, 2.75) is 105 Å². The number of hydrogen-bond acceptors (Lipinski definition) is 6. The molecule has 1 aromatic carbocycles. The fourth-order valence-corrected chi connectivity index (χ4v) is 4.25. The first-order valence-electron chi connectivity index (χ1n) is 14.6. The van der Waals surface area contributed by atoms with E-state index in [2.05, 4.69) is 63.7 Å². The zero-order valence-corrected chi connectivity index (χ0v) is 26.2. The third-order valence-corrected chi connectivity index (χ3v) is 6.88. The van der Waals surface area contributed by atoms with Crippen molar-refractivity contribution in [2.24, 2.45) is 5.92 Å². The molecule has 3 atom stereocenters. The van der Waals surface area contributed by atoms with E-state index < -0.39 is 0 Å². The number of ether oxygens (including phenoxy) is 1. The smallest absolute Gasteiger partial charge is 0.142 e. The van der Waals surface area contributed by atoms with Crippen molar-refractivity contribution in [3.63, 3.8) is 0 Å². The molecule has 0 aliphatic rings. The maximum Gasteiger partial charge on any atom is 0.142 e. The second kappa shape index (κ2) is 21.1. The van der Waals surface area contributed by atoms with E-state index in [4.69, 9.17) is 4.74 Å². The van der Waals surface area contributed by atoms with Crippen LogP contribution in [0, 0.1) is 18.7 Å². The largest absolute Gasteiger partial charge is 0.381 e. The van der Waals surface area contributed by atoms with Crippen LogP contribution in [-0.4, -0.2) is 54.7 Å². The fraction of sp³-hybridized carbons (Fsp3) is 0.636. The molecule has 0 heterocycles. The lowest BCUT2D eigenvalue weighted by Crippen LogP contribution is -2.42. The van der Waals surface area contributed by atoms with Crippen LogP contribution in [0.1, 0.15) is 97.6 Å². The summed E-state index contributed by atoms with van der Waals surface area (Å²) in [5.41, 5.74) is 2.28. The SMILES string of the molecule is C=C(CCC(C)c1ccc(C)cc1F)NC=C=O.CCC(C)CC(CC)N(CCNC=C=O)CCOC(C)(C)C. The summed E-state index contributed by atoms with van der Waals surface area (Å²) in [6.07, 6.45) is 7.56. The summed E-state index contributed by atoms with van der Waals surface area (Å²) in [5, 5.41) is 5.71. The van der Waals surface area contributed by atoms with E-state index in [1.54, 1.807) is 17.9 Å². The van der Waals surface area contributed by atoms with Crippen molar-refractivity contribution < 1.29 is 18.7 Å². The summed E-state index contributed by atoms with van der Waals surface area (Å²) in [5.74, 6) is 4.08. The standard InChI is InChI=1S/C18H36N2O2.C15H18FNO/c1-7-16(3)15-17(8-2)20(11-9-19-10-13-21)12-14-22-18(4,5)6;1-11-4-7-14(15(16)10-11)12(2)5-6-13(3)17-8-9-18/h10,16-17,19H,7-9,11-12,14-15H2,1-6H3;4,7-8,10,12,17H,3,5-6H2,1-2H3. The van der Waals surface area contributed by atoms with Gasteiger partial charge in [0.05, 0.1) is 24.6 Å². The van der Waals surface area contributed by atoms with E-state index in [0.29, 0.717) is 12.5 Å². The minimum Gasteiger partial charge on any atom is -0.381 e. The highest BCUT2D eigenvalue weighted by atomic mass is 19.1. The molecule has 0 aliphatic heterocycles. The molecule has 40 heavy (non-hydrogen) atoms. The zero-order chi connectivity index (χ0) is 30.6. The second-order valence-corrected chi connectivity index (χ2v) is 11.5. The van der Waals surface area contributed by atoms with Gasteiger partial charge in [-0.2, -0.15) is 0 Å². The minimum absolute atomic E-state index is 0.0946. The lowest BCUT2D eigenvalue weighted by molar-refractivity contribution is -0.0188. The highest BCUT2D eigenvalue weighted by Gasteiger charge is 2.19. The Hall–Kier alpha value is -2.69. The van der Waals surface area contributed by atoms with E-state index in [-0.39, 0.29) is 17.3 Å². The van der Waals surface area contributed by atoms with Crippen LogP contribution < -0.4 is 10.6 Å². The average Bonchev–Trinajstić information content (AvgIpc) is 2.90. The quantitative estimate of drug-likeness (QED) is 0.154. The van der Waals surface area contributed by atoms with Crippen LogP contribution >= 0.6 is 0 Å². The predicted molar refractivity (Wildman–Crippen MR) is 165 cm³/mol. The summed E-state index contributed by atoms with van der Waals surface area (Å²) >= 11 is 0. The van der Waals surface area contributed by atoms with Gasteiger partial charge in [-0.15, -0.1) is 0 Å². The van der Waals surface area contributed by atoms with Crippen molar-refractivity contribution in [1.82, 2.24) is 15.5 Å². The molecular formula is C33H54FN3O3. The average molecular weight is 560 g/mol. The molecular weight excluding hydrogens is 505 g/mol. The van der Waals surface area contributed by atoms with Crippen LogP contribution in [0.5, 0.6) is 0 Å². The predicted octanol–water partition coefficient (Wildman–Crippen LogP) is 6.72. The highest BCUT2D eigenvalue weighted by Crippen LogP contribution is 2.25. The molecule has 7 heteroatoms. The van der Waals surface area contributed by atoms with Crippen molar-refractivity contribution in [3.05, 3.63) is 59.8 Å². The molecule has 0 saturated heterocycles. The Morgan fingerprint density at radius 1 is 1.12 bits per heavy atom. The normalized spacial score (nSPS) is 13.2. The second-order valence-electron chi connectivity index (χ2n) is 11.5. The van der Waals surface area contributed by atoms with Gasteiger partial charge in [0.1, 0.15) is 17.7 Å². The lowest BCUT2D eigenvalue weighted by Gasteiger charge is -2.33. The van der Waals surface area contributed by atoms with Crippen LogP contribution in [0.2, 0.25) is 0 Å². The Bertz CT molecular complexity index is 947. The molecule has 0 radical (unpaired) electrons. The Balaban J connectivity index is 0.000000774. The third-order valence-electron chi connectivity index (χ3n) is 6.88. The number of nitrogens with one attached hydrogen (secondary N) is 2. The molecule has 0 aliphatic carbocycles. The van der Waals surface area contributed by atoms with Crippen LogP contribution in [0.4, 0.5) is 4.39 Å². The number of rotatable bonds is 18. The molecule has 0 saturated carbocycles. The molecule has 0 bridgehead atoms. The Labute approximate surface area is 243 Å². The zero-order valence-electron chi connectivity index (χ0n) is 26.2. The first kappa shape index (κ1) is 37.3. The van der Waals surface area contributed by atoms with Gasteiger partial charge in [-0.05, 0) is 82.4 Å². The lowest BCUT2D eigenvalue weighted by atomic mass is 9.94. The van der Waals surface area contributed by atoms with Crippen LogP contribution in [0.25, 0.3) is 0 Å². The maximum atomic E-state index is 13.7. The number of allylic oxidation sites excluding steroid dienone is 1. The van der Waals surface area contributed by atoms with Gasteiger partial charge in [-0.1, -0.05) is 52.8 Å². The first-order valence-corrected chi connectivity index (χ1v) is 14.6. The summed E-state index contributed by atoms with van der Waals surface area (Å²) in [7, 11) is 0. The monoisotopic (exact) mass is 559 g/mol. The topological polar surface area (TPSA) is 70.7 Å². The Morgan fingerprint density at radius 3 is 2.35 bits per heavy atom. The van der Waals surface area contributed by atoms with Gasteiger partial charge in [0.15, 0.2) is 0 Å². The van der Waals surface area contributed by atoms with Crippen molar-refractivity contribution in [3.8, 4) is 0 Å². The molecule has 1 rings (SSSR count). The van der Waals surface area contributed by atoms with Crippen LogP contribution in [0.15, 0.2) is 42.9 Å². The van der Waals surface area contributed by atoms with Gasteiger partial charge in [-0.3, -0.25) is 4.90 Å². The maximum absolute atomic E-state index is 13.7. The molecule has 1 aromatic rings. The van der Waals surface area contributed by atoms with Gasteiger partial charge in [0.25, 0.3) is 0 Å². The first-order chi connectivity index (χ1) is 18.9. The highest BCUT2D eigenvalue weighted by molar-refractivity contribution is 5.44. The number of hydrogen-bond donors (Lipinski definition) is 2. The van der Waals surface area contributed by atoms with E-state index in [0.717, 1.165) is 61.8 Å². The van der Waals surface area contributed by atoms with Gasteiger partial charge >= 0.3 is 0 Å². The van der Waals surface area contributed by atoms with Crippen LogP contribution in [0.3, 0.4) is 0 Å². The van der Waals surface area contributed by atoms with E-state index >= 15 is 0 Å². The number of benzene rings is 1. The van der Waals surface area contributed by atoms with Gasteiger partial charge < -0.3 is 15.4 Å². The van der Waals surface area contributed by atoms with Crippen molar-refractivity contribution in [1.29, 1.82) is 0 Å². The number of nitrogens with zero attached hydrogens (tertiary/aromatic N) is 1. The number of halogens is 1. The summed E-state index contributed by atoms with van der Waals surface area (Å²) < 4.78 is 19.6. The molecule has 2 N–H and O–H groups in total. The van der Waals surface area contributed by atoms with Crippen LogP contribution in [-0.2, 0) is 14.3 Å². The van der Waals surface area contributed by atoms with E-state index in [1.165, 1.54) is 25.2 Å². The minimum atomic E-state index is -0.158. The summed E-state index contributed by atoms with van der Waals surface area (Å²) in [4.78, 5) is 22.7. The van der Waals surface area contributed by atoms with Gasteiger partial charge in [0, 0.05) is 31.4 Å². The van der Waals surface area contributed by atoms with Crippen molar-refractivity contribution in [2.75, 3.05) is 26.2 Å². The van der Waals surface area contributed by atoms with Gasteiger partial charge in [-0.25, -0.2) is 14.0 Å². The van der Waals surface area contributed by atoms with Crippen molar-refractivity contribution >= 4 is 11.9 Å². The summed E-state index contributed by atoms with van der Waals surface area (Å²) in [6, 6.07) is 5.86. The summed E-state index contributed by atoms with van der Waals surface area (Å²) in [6.45, 7) is 24.1. The van der Waals surface area contributed by atoms with E-state index in [1.807, 2.05) is 26.0 Å². The Morgan fingerprint density at radius 2 is 1.80 bits per heavy atom. The molecule has 0 spiro atoms. The molecule has 6 nitrogen and oxygen atoms in total. The third kappa shape index (κ3) is 17.8.